The van der Waals surface area contributed by atoms with Gasteiger partial charge in [0.15, 0.2) is 0 Å². The molecular formula is C18H36N2. The van der Waals surface area contributed by atoms with E-state index in [1.165, 1.54) is 77.3 Å². The zero-order valence-corrected chi connectivity index (χ0v) is 13.9. The summed E-state index contributed by atoms with van der Waals surface area (Å²) in [6, 6.07) is 0. The van der Waals surface area contributed by atoms with Crippen molar-refractivity contribution in [1.29, 1.82) is 0 Å². The van der Waals surface area contributed by atoms with Crippen LogP contribution in [0.4, 0.5) is 0 Å². The fraction of sp³-hybridized carbons (Fsp3) is 1.00. The summed E-state index contributed by atoms with van der Waals surface area (Å²) in [6.07, 6.45) is 13.9. The van der Waals surface area contributed by atoms with E-state index in [-0.39, 0.29) is 0 Å². The highest BCUT2D eigenvalue weighted by atomic mass is 15.2. The lowest BCUT2D eigenvalue weighted by Gasteiger charge is -2.44. The molecular weight excluding hydrogens is 244 g/mol. The standard InChI is InChI=1S/C18H36N2/c1-16(2)17-9-8-13-20(14-10-17)18(15-19)11-6-4-3-5-7-12-18/h16-17H,3-15,19H2,1-2H3. The van der Waals surface area contributed by atoms with Crippen molar-refractivity contribution in [3.63, 3.8) is 0 Å². The van der Waals surface area contributed by atoms with Crippen molar-refractivity contribution in [2.75, 3.05) is 19.6 Å². The van der Waals surface area contributed by atoms with E-state index in [4.69, 9.17) is 5.73 Å². The second-order valence-electron chi connectivity index (χ2n) is 7.62. The Hall–Kier alpha value is -0.0800. The van der Waals surface area contributed by atoms with Gasteiger partial charge < -0.3 is 5.73 Å². The summed E-state index contributed by atoms with van der Waals surface area (Å²) >= 11 is 0. The molecule has 2 N–H and O–H groups in total. The molecule has 1 aliphatic heterocycles. The van der Waals surface area contributed by atoms with E-state index < -0.39 is 0 Å². The van der Waals surface area contributed by atoms with Crippen LogP contribution in [0.5, 0.6) is 0 Å². The number of likely N-dealkylation sites (tertiary alicyclic amines) is 1. The lowest BCUT2D eigenvalue weighted by molar-refractivity contribution is 0.0683. The Balaban J connectivity index is 2.01. The van der Waals surface area contributed by atoms with Crippen molar-refractivity contribution in [1.82, 2.24) is 4.90 Å². The monoisotopic (exact) mass is 280 g/mol. The zero-order chi connectivity index (χ0) is 14.4. The van der Waals surface area contributed by atoms with Crippen LogP contribution in [0.2, 0.25) is 0 Å². The van der Waals surface area contributed by atoms with Crippen molar-refractivity contribution >= 4 is 0 Å². The van der Waals surface area contributed by atoms with E-state index in [1.54, 1.807) is 0 Å². The highest BCUT2D eigenvalue weighted by Gasteiger charge is 2.36. The van der Waals surface area contributed by atoms with Gasteiger partial charge in [0.25, 0.3) is 0 Å². The van der Waals surface area contributed by atoms with Crippen LogP contribution in [0.25, 0.3) is 0 Å². The van der Waals surface area contributed by atoms with Crippen molar-refractivity contribution in [3.8, 4) is 0 Å². The summed E-state index contributed by atoms with van der Waals surface area (Å²) in [5, 5.41) is 0. The number of hydrogen-bond donors (Lipinski definition) is 1. The summed E-state index contributed by atoms with van der Waals surface area (Å²) in [5.41, 5.74) is 6.63. The van der Waals surface area contributed by atoms with Gasteiger partial charge >= 0.3 is 0 Å². The van der Waals surface area contributed by atoms with Gasteiger partial charge in [-0.25, -0.2) is 0 Å². The predicted molar refractivity (Wildman–Crippen MR) is 87.9 cm³/mol. The third kappa shape index (κ3) is 3.98. The molecule has 0 aromatic rings. The van der Waals surface area contributed by atoms with Gasteiger partial charge in [-0.1, -0.05) is 46.0 Å². The Morgan fingerprint density at radius 2 is 1.60 bits per heavy atom. The van der Waals surface area contributed by atoms with E-state index >= 15 is 0 Å². The van der Waals surface area contributed by atoms with Crippen molar-refractivity contribution in [2.24, 2.45) is 17.6 Å². The normalized spacial score (nSPS) is 29.7. The predicted octanol–water partition coefficient (Wildman–Crippen LogP) is 4.19. The first-order valence-corrected chi connectivity index (χ1v) is 9.13. The van der Waals surface area contributed by atoms with Gasteiger partial charge in [0.2, 0.25) is 0 Å². The first kappa shape index (κ1) is 16.3. The Labute approximate surface area is 126 Å². The smallest absolute Gasteiger partial charge is 0.0331 e. The molecule has 20 heavy (non-hydrogen) atoms. The molecule has 2 fully saturated rings. The lowest BCUT2D eigenvalue weighted by Crippen LogP contribution is -2.54. The third-order valence-corrected chi connectivity index (χ3v) is 6.05. The van der Waals surface area contributed by atoms with Crippen LogP contribution in [0, 0.1) is 11.8 Å². The van der Waals surface area contributed by atoms with E-state index in [2.05, 4.69) is 18.7 Å². The average Bonchev–Trinajstić information content (AvgIpc) is 2.66. The van der Waals surface area contributed by atoms with Crippen LogP contribution in [-0.2, 0) is 0 Å². The fourth-order valence-electron chi connectivity index (χ4n) is 4.48. The SMILES string of the molecule is CC(C)C1CCCN(C2(CN)CCCCCCC2)CC1. The van der Waals surface area contributed by atoms with E-state index in [0.29, 0.717) is 5.54 Å². The van der Waals surface area contributed by atoms with Gasteiger partial charge in [-0.15, -0.1) is 0 Å². The molecule has 118 valence electrons. The zero-order valence-electron chi connectivity index (χ0n) is 13.9. The molecule has 0 aromatic heterocycles. The molecule has 0 spiro atoms. The molecule has 0 amide bonds. The molecule has 1 atom stereocenters. The Kier molecular flexibility index (Phi) is 6.35. The molecule has 2 heteroatoms. The first-order chi connectivity index (χ1) is 9.68. The van der Waals surface area contributed by atoms with Crippen LogP contribution in [0.1, 0.15) is 78.1 Å². The second-order valence-corrected chi connectivity index (χ2v) is 7.62. The lowest BCUT2D eigenvalue weighted by atomic mass is 9.82. The molecule has 1 heterocycles. The van der Waals surface area contributed by atoms with Crippen LogP contribution in [0.15, 0.2) is 0 Å². The molecule has 2 aliphatic rings. The van der Waals surface area contributed by atoms with Gasteiger partial charge in [-0.05, 0) is 57.0 Å². The fourth-order valence-corrected chi connectivity index (χ4v) is 4.48. The summed E-state index contributed by atoms with van der Waals surface area (Å²) in [4.78, 5) is 2.81. The van der Waals surface area contributed by atoms with Crippen LogP contribution in [0.3, 0.4) is 0 Å². The number of hydrogen-bond acceptors (Lipinski definition) is 2. The molecule has 0 bridgehead atoms. The van der Waals surface area contributed by atoms with Crippen molar-refractivity contribution in [3.05, 3.63) is 0 Å². The summed E-state index contributed by atoms with van der Waals surface area (Å²) < 4.78 is 0. The number of nitrogens with zero attached hydrogens (tertiary/aromatic N) is 1. The van der Waals surface area contributed by atoms with E-state index in [0.717, 1.165) is 18.4 Å². The van der Waals surface area contributed by atoms with E-state index in [1.807, 2.05) is 0 Å². The van der Waals surface area contributed by atoms with Gasteiger partial charge in [0.1, 0.15) is 0 Å². The molecule has 0 aromatic carbocycles. The molecule has 1 saturated heterocycles. The maximum absolute atomic E-state index is 6.29. The Bertz CT molecular complexity index is 267. The summed E-state index contributed by atoms with van der Waals surface area (Å²) in [7, 11) is 0. The number of nitrogens with two attached hydrogens (primary N) is 1. The van der Waals surface area contributed by atoms with Gasteiger partial charge in [-0.3, -0.25) is 4.90 Å². The minimum atomic E-state index is 0.340. The van der Waals surface area contributed by atoms with Crippen molar-refractivity contribution < 1.29 is 0 Å². The summed E-state index contributed by atoms with van der Waals surface area (Å²) in [5.74, 6) is 1.78. The Morgan fingerprint density at radius 3 is 2.20 bits per heavy atom. The molecule has 1 saturated carbocycles. The molecule has 2 rings (SSSR count). The number of rotatable bonds is 3. The quantitative estimate of drug-likeness (QED) is 0.840. The topological polar surface area (TPSA) is 29.3 Å². The molecule has 1 aliphatic carbocycles. The van der Waals surface area contributed by atoms with Crippen LogP contribution < -0.4 is 5.73 Å². The second kappa shape index (κ2) is 7.79. The third-order valence-electron chi connectivity index (χ3n) is 6.05. The molecule has 1 unspecified atom stereocenters. The molecule has 2 nitrogen and oxygen atoms in total. The maximum atomic E-state index is 6.29. The minimum absolute atomic E-state index is 0.340. The largest absolute Gasteiger partial charge is 0.329 e. The maximum Gasteiger partial charge on any atom is 0.0331 e. The van der Waals surface area contributed by atoms with Gasteiger partial charge in [0, 0.05) is 12.1 Å². The van der Waals surface area contributed by atoms with Crippen molar-refractivity contribution in [2.45, 2.75) is 83.6 Å². The molecule has 0 radical (unpaired) electrons. The highest BCUT2D eigenvalue weighted by molar-refractivity contribution is 4.94. The van der Waals surface area contributed by atoms with Crippen LogP contribution in [-0.4, -0.2) is 30.1 Å². The average molecular weight is 280 g/mol. The summed E-state index contributed by atoms with van der Waals surface area (Å²) in [6.45, 7) is 8.25. The van der Waals surface area contributed by atoms with Gasteiger partial charge in [0.05, 0.1) is 0 Å². The van der Waals surface area contributed by atoms with E-state index in [9.17, 15) is 0 Å². The van der Waals surface area contributed by atoms with Crippen LogP contribution >= 0.6 is 0 Å². The Morgan fingerprint density at radius 1 is 0.950 bits per heavy atom. The first-order valence-electron chi connectivity index (χ1n) is 9.13. The van der Waals surface area contributed by atoms with Gasteiger partial charge in [-0.2, -0.15) is 0 Å². The minimum Gasteiger partial charge on any atom is -0.329 e. The highest BCUT2D eigenvalue weighted by Crippen LogP contribution is 2.34.